The van der Waals surface area contributed by atoms with E-state index in [1.165, 1.54) is 11.0 Å². The molecule has 0 bridgehead atoms. The van der Waals surface area contributed by atoms with Crippen LogP contribution in [0.5, 0.6) is 0 Å². The Bertz CT molecular complexity index is 1600. The van der Waals surface area contributed by atoms with Crippen LogP contribution < -0.4 is 15.5 Å². The number of rotatable bonds is 11. The van der Waals surface area contributed by atoms with E-state index < -0.39 is 0 Å². The van der Waals surface area contributed by atoms with Gasteiger partial charge in [0.15, 0.2) is 0 Å². The van der Waals surface area contributed by atoms with E-state index in [0.717, 1.165) is 55.8 Å². The monoisotopic (exact) mass is 665 g/mol. The number of aliphatic hydroxyl groups excluding tert-OH is 1. The van der Waals surface area contributed by atoms with E-state index >= 15 is 0 Å². The van der Waals surface area contributed by atoms with Crippen LogP contribution in [-0.4, -0.2) is 108 Å². The zero-order valence-electron chi connectivity index (χ0n) is 26.6. The second-order valence-electron chi connectivity index (χ2n) is 12.5. The summed E-state index contributed by atoms with van der Waals surface area (Å²) in [6.45, 7) is 7.76. The molecule has 3 aromatic rings. The Morgan fingerprint density at radius 2 is 1.94 bits per heavy atom. The van der Waals surface area contributed by atoms with E-state index in [-0.39, 0.29) is 42.7 Å². The molecule has 0 radical (unpaired) electrons. The number of ether oxygens (including phenoxy) is 1. The van der Waals surface area contributed by atoms with Crippen LogP contribution in [0, 0.1) is 5.82 Å². The van der Waals surface area contributed by atoms with E-state index in [0.29, 0.717) is 60.6 Å². The summed E-state index contributed by atoms with van der Waals surface area (Å²) in [5.74, 6) is -0.491. The Balaban J connectivity index is 1.04. The molecule has 2 aromatic carbocycles. The summed E-state index contributed by atoms with van der Waals surface area (Å²) < 4.78 is 20.1. The average Bonchev–Trinajstić information content (AvgIpc) is 3.38. The molecule has 0 spiro atoms. The molecule has 3 aliphatic heterocycles. The van der Waals surface area contributed by atoms with Crippen molar-refractivity contribution in [2.75, 3.05) is 75.9 Å². The highest BCUT2D eigenvalue weighted by Crippen LogP contribution is 2.32. The molecule has 47 heavy (non-hydrogen) atoms. The van der Waals surface area contributed by atoms with E-state index in [1.54, 1.807) is 18.3 Å². The molecule has 1 aromatic heterocycles. The van der Waals surface area contributed by atoms with Crippen LogP contribution in [0.4, 0.5) is 16.0 Å². The molecular formula is C34H41ClFN7O4. The lowest BCUT2D eigenvalue weighted by Gasteiger charge is -2.36. The molecule has 2 saturated heterocycles. The van der Waals surface area contributed by atoms with Gasteiger partial charge in [-0.3, -0.25) is 14.5 Å². The van der Waals surface area contributed by atoms with Crippen molar-refractivity contribution in [3.63, 3.8) is 0 Å². The highest BCUT2D eigenvalue weighted by atomic mass is 35.5. The number of carbonyl (C=O) groups excluding carboxylic acids is 2. The van der Waals surface area contributed by atoms with E-state index in [4.69, 9.17) is 16.3 Å². The first-order valence-corrected chi connectivity index (χ1v) is 16.6. The number of fused-ring (bicyclic) bond motifs is 1. The maximum atomic E-state index is 14.6. The lowest BCUT2D eigenvalue weighted by molar-refractivity contribution is -0.121. The second kappa shape index (κ2) is 14.9. The van der Waals surface area contributed by atoms with Crippen LogP contribution in [-0.2, 0) is 16.1 Å². The number of hydrogen-bond donors (Lipinski definition) is 3. The van der Waals surface area contributed by atoms with Crippen molar-refractivity contribution in [3.8, 4) is 11.3 Å². The number of piperazine rings is 1. The average molecular weight is 666 g/mol. The number of halogens is 2. The van der Waals surface area contributed by atoms with Crippen molar-refractivity contribution in [1.82, 2.24) is 25.1 Å². The van der Waals surface area contributed by atoms with Crippen LogP contribution in [0.3, 0.4) is 0 Å². The number of amides is 2. The van der Waals surface area contributed by atoms with Gasteiger partial charge in [-0.05, 0) is 54.2 Å². The summed E-state index contributed by atoms with van der Waals surface area (Å²) in [7, 11) is 0. The van der Waals surface area contributed by atoms with Crippen molar-refractivity contribution < 1.29 is 23.8 Å². The third-order valence-electron chi connectivity index (χ3n) is 9.13. The number of nitrogens with zero attached hydrogens (tertiary/aromatic N) is 5. The van der Waals surface area contributed by atoms with Crippen LogP contribution in [0.25, 0.3) is 11.3 Å². The molecule has 13 heteroatoms. The summed E-state index contributed by atoms with van der Waals surface area (Å²) >= 11 is 6.48. The molecule has 2 amide bonds. The molecular weight excluding hydrogens is 625 g/mol. The standard InChI is InChI=1S/C34H41ClFN7O4/c1-22(25-14-26(36)17-28(15-25)42-8-6-41(7-9-42)10-11-44)18-37-31(45)21-43-20-24-3-2-23(16-29(24)33(43)46)32-30(35)19-38-34(40-32)39-27-4-12-47-13-5-27/h2-3,14-17,19,22,27,44H,4-13,18,20-21H2,1H3,(H,37,45)(H,38,39,40)/t22-/m0/s1. The van der Waals surface area contributed by atoms with Gasteiger partial charge in [-0.15, -0.1) is 0 Å². The Hall–Kier alpha value is -3.84. The van der Waals surface area contributed by atoms with Gasteiger partial charge in [-0.1, -0.05) is 30.7 Å². The summed E-state index contributed by atoms with van der Waals surface area (Å²) in [4.78, 5) is 41.2. The number of β-amino-alcohol motifs (C(OH)–C–C–N with tert-alkyl or cyclic N) is 1. The number of benzene rings is 2. The Morgan fingerprint density at radius 3 is 2.70 bits per heavy atom. The quantitative estimate of drug-likeness (QED) is 0.282. The van der Waals surface area contributed by atoms with Crippen LogP contribution in [0.2, 0.25) is 5.02 Å². The summed E-state index contributed by atoms with van der Waals surface area (Å²) in [5, 5.41) is 15.9. The largest absolute Gasteiger partial charge is 0.395 e. The first kappa shape index (κ1) is 33.1. The maximum absolute atomic E-state index is 14.6. The van der Waals surface area contributed by atoms with Gasteiger partial charge < -0.3 is 30.3 Å². The minimum atomic E-state index is -0.316. The molecule has 2 fully saturated rings. The number of aromatic nitrogens is 2. The third-order valence-corrected chi connectivity index (χ3v) is 9.40. The van der Waals surface area contributed by atoms with Crippen molar-refractivity contribution in [1.29, 1.82) is 0 Å². The normalized spacial score (nSPS) is 17.9. The minimum Gasteiger partial charge on any atom is -0.395 e. The van der Waals surface area contributed by atoms with Crippen molar-refractivity contribution in [2.24, 2.45) is 0 Å². The lowest BCUT2D eigenvalue weighted by Crippen LogP contribution is -2.47. The second-order valence-corrected chi connectivity index (χ2v) is 12.9. The molecule has 1 atom stereocenters. The molecule has 3 N–H and O–H groups in total. The number of carbonyl (C=O) groups is 2. The SMILES string of the molecule is C[C@@H](CNC(=O)CN1Cc2ccc(-c3nc(NC4CCOCC4)ncc3Cl)cc2C1=O)c1cc(F)cc(N2CCN(CCO)CC2)c1. The van der Waals surface area contributed by atoms with E-state index in [9.17, 15) is 19.1 Å². The first-order chi connectivity index (χ1) is 22.8. The summed E-state index contributed by atoms with van der Waals surface area (Å²) in [5.41, 5.74) is 4.18. The molecule has 250 valence electrons. The molecule has 0 saturated carbocycles. The Kier molecular flexibility index (Phi) is 10.5. The van der Waals surface area contributed by atoms with Crippen LogP contribution >= 0.6 is 11.6 Å². The van der Waals surface area contributed by atoms with Gasteiger partial charge >= 0.3 is 0 Å². The molecule has 4 heterocycles. The lowest BCUT2D eigenvalue weighted by atomic mass is 9.99. The van der Waals surface area contributed by atoms with E-state index in [1.807, 2.05) is 25.1 Å². The topological polar surface area (TPSA) is 123 Å². The number of nitrogens with one attached hydrogen (secondary N) is 2. The smallest absolute Gasteiger partial charge is 0.254 e. The van der Waals surface area contributed by atoms with Gasteiger partial charge in [-0.2, -0.15) is 0 Å². The van der Waals surface area contributed by atoms with Gasteiger partial charge in [0, 0.05) is 81.9 Å². The summed E-state index contributed by atoms with van der Waals surface area (Å²) in [6.07, 6.45) is 3.30. The van der Waals surface area contributed by atoms with Gasteiger partial charge in [-0.25, -0.2) is 14.4 Å². The highest BCUT2D eigenvalue weighted by Gasteiger charge is 2.30. The molecule has 0 aliphatic carbocycles. The predicted octanol–water partition coefficient (Wildman–Crippen LogP) is 3.52. The fourth-order valence-electron chi connectivity index (χ4n) is 6.35. The number of anilines is 2. The predicted molar refractivity (Wildman–Crippen MR) is 178 cm³/mol. The Morgan fingerprint density at radius 1 is 1.15 bits per heavy atom. The van der Waals surface area contributed by atoms with Crippen LogP contribution in [0.15, 0.2) is 42.6 Å². The van der Waals surface area contributed by atoms with E-state index in [2.05, 4.69) is 30.4 Å². The molecule has 6 rings (SSSR count). The van der Waals surface area contributed by atoms with Gasteiger partial charge in [0.2, 0.25) is 11.9 Å². The van der Waals surface area contributed by atoms with Gasteiger partial charge in [0.05, 0.1) is 23.5 Å². The zero-order valence-corrected chi connectivity index (χ0v) is 27.3. The Labute approximate surface area is 279 Å². The zero-order chi connectivity index (χ0) is 32.9. The van der Waals surface area contributed by atoms with Crippen molar-refractivity contribution >= 4 is 35.1 Å². The van der Waals surface area contributed by atoms with Crippen molar-refractivity contribution in [3.05, 3.63) is 70.1 Å². The van der Waals surface area contributed by atoms with Gasteiger partial charge in [0.1, 0.15) is 12.4 Å². The number of aliphatic hydroxyl groups is 1. The summed E-state index contributed by atoms with van der Waals surface area (Å²) in [6, 6.07) is 10.8. The molecule has 3 aliphatic rings. The third kappa shape index (κ3) is 8.01. The minimum absolute atomic E-state index is 0.0878. The molecule has 0 unspecified atom stereocenters. The van der Waals surface area contributed by atoms with Crippen molar-refractivity contribution in [2.45, 2.75) is 38.3 Å². The fourth-order valence-corrected chi connectivity index (χ4v) is 6.55. The first-order valence-electron chi connectivity index (χ1n) is 16.2. The number of hydrogen-bond acceptors (Lipinski definition) is 9. The maximum Gasteiger partial charge on any atom is 0.254 e. The van der Waals surface area contributed by atoms with Crippen LogP contribution in [0.1, 0.15) is 47.2 Å². The highest BCUT2D eigenvalue weighted by molar-refractivity contribution is 6.33. The fraction of sp³-hybridized carbons (Fsp3) is 0.471. The molecule has 11 nitrogen and oxygen atoms in total. The van der Waals surface area contributed by atoms with Gasteiger partial charge in [0.25, 0.3) is 5.91 Å².